The zero-order chi connectivity index (χ0) is 20.0. The van der Waals surface area contributed by atoms with Crippen molar-refractivity contribution in [3.05, 3.63) is 52.2 Å². The molecule has 7 nitrogen and oxygen atoms in total. The van der Waals surface area contributed by atoms with E-state index in [4.69, 9.17) is 14.7 Å². The van der Waals surface area contributed by atoms with Crippen molar-refractivity contribution >= 4 is 32.9 Å². The zero-order valence-electron chi connectivity index (χ0n) is 15.9. The Kier molecular flexibility index (Phi) is 4.33. The molecule has 0 aliphatic heterocycles. The molecule has 0 N–H and O–H groups in total. The van der Waals surface area contributed by atoms with Crippen LogP contribution in [0.1, 0.15) is 10.4 Å². The lowest BCUT2D eigenvalue weighted by molar-refractivity contribution is 0.415. The van der Waals surface area contributed by atoms with Gasteiger partial charge in [-0.25, -0.2) is 9.97 Å². The third-order valence-electron chi connectivity index (χ3n) is 4.68. The molecule has 9 heteroatoms. The van der Waals surface area contributed by atoms with Gasteiger partial charge in [0.1, 0.15) is 10.6 Å². The van der Waals surface area contributed by atoms with E-state index in [0.717, 1.165) is 32.0 Å². The number of aryl methyl sites for hydroxylation is 2. The van der Waals surface area contributed by atoms with Crippen molar-refractivity contribution in [2.24, 2.45) is 0 Å². The lowest BCUT2D eigenvalue weighted by atomic mass is 10.2. The van der Waals surface area contributed by atoms with Gasteiger partial charge in [-0.15, -0.1) is 37.7 Å². The van der Waals surface area contributed by atoms with Gasteiger partial charge in [-0.2, -0.15) is 0 Å². The van der Waals surface area contributed by atoms with Crippen LogP contribution in [-0.4, -0.2) is 37.3 Å². The standard InChI is InChI=1S/C20H16N6OS2/c1-11-12(2)29-20-16(11)19(21-18(22-20)15-8-5-9-28-15)26-24-17(23-25-26)13-6-4-7-14(10-13)27-3/h4-10H,1-3H3. The van der Waals surface area contributed by atoms with E-state index >= 15 is 0 Å². The van der Waals surface area contributed by atoms with Crippen LogP contribution in [0.2, 0.25) is 0 Å². The smallest absolute Gasteiger partial charge is 0.205 e. The van der Waals surface area contributed by atoms with E-state index < -0.39 is 0 Å². The monoisotopic (exact) mass is 420 g/mol. The summed E-state index contributed by atoms with van der Waals surface area (Å²) in [6.07, 6.45) is 0. The second-order valence-electron chi connectivity index (χ2n) is 6.45. The average molecular weight is 421 g/mol. The Bertz CT molecular complexity index is 1320. The molecule has 0 atom stereocenters. The van der Waals surface area contributed by atoms with E-state index in [9.17, 15) is 0 Å². The lowest BCUT2D eigenvalue weighted by Crippen LogP contribution is -2.05. The summed E-state index contributed by atoms with van der Waals surface area (Å²) in [6.45, 7) is 4.17. The van der Waals surface area contributed by atoms with Gasteiger partial charge in [0, 0.05) is 10.4 Å². The molecule has 0 unspecified atom stereocenters. The summed E-state index contributed by atoms with van der Waals surface area (Å²) in [6, 6.07) is 11.6. The van der Waals surface area contributed by atoms with E-state index in [2.05, 4.69) is 29.3 Å². The Morgan fingerprint density at radius 3 is 2.72 bits per heavy atom. The minimum absolute atomic E-state index is 0.512. The van der Waals surface area contributed by atoms with Gasteiger partial charge in [-0.3, -0.25) is 0 Å². The molecule has 0 fully saturated rings. The van der Waals surface area contributed by atoms with Crippen molar-refractivity contribution in [2.75, 3.05) is 7.11 Å². The predicted molar refractivity (Wildman–Crippen MR) is 115 cm³/mol. The second-order valence-corrected chi connectivity index (χ2v) is 8.60. The number of hydrogen-bond donors (Lipinski definition) is 0. The lowest BCUT2D eigenvalue weighted by Gasteiger charge is -2.04. The largest absolute Gasteiger partial charge is 0.497 e. The van der Waals surface area contributed by atoms with Gasteiger partial charge in [0.15, 0.2) is 11.6 Å². The molecule has 5 aromatic rings. The molecule has 0 bridgehead atoms. The number of rotatable bonds is 4. The van der Waals surface area contributed by atoms with Crippen LogP contribution < -0.4 is 4.74 Å². The van der Waals surface area contributed by atoms with Gasteiger partial charge in [0.25, 0.3) is 0 Å². The normalized spacial score (nSPS) is 11.3. The average Bonchev–Trinajstić information content (AvgIpc) is 3.49. The first-order chi connectivity index (χ1) is 14.1. The van der Waals surface area contributed by atoms with Crippen LogP contribution in [0.15, 0.2) is 41.8 Å². The van der Waals surface area contributed by atoms with Crippen LogP contribution in [0, 0.1) is 13.8 Å². The van der Waals surface area contributed by atoms with Gasteiger partial charge in [-0.1, -0.05) is 18.2 Å². The van der Waals surface area contributed by atoms with Gasteiger partial charge >= 0.3 is 0 Å². The van der Waals surface area contributed by atoms with Crippen LogP contribution in [-0.2, 0) is 0 Å². The van der Waals surface area contributed by atoms with Crippen molar-refractivity contribution in [3.8, 4) is 33.7 Å². The van der Waals surface area contributed by atoms with Crippen molar-refractivity contribution in [1.29, 1.82) is 0 Å². The first-order valence-electron chi connectivity index (χ1n) is 8.90. The maximum absolute atomic E-state index is 5.30. The van der Waals surface area contributed by atoms with Crippen LogP contribution >= 0.6 is 22.7 Å². The van der Waals surface area contributed by atoms with Gasteiger partial charge in [-0.05, 0) is 48.2 Å². The molecule has 0 spiro atoms. The Hall–Kier alpha value is -3.17. The molecule has 0 saturated heterocycles. The summed E-state index contributed by atoms with van der Waals surface area (Å²) in [5.41, 5.74) is 1.97. The van der Waals surface area contributed by atoms with Gasteiger partial charge in [0.2, 0.25) is 5.82 Å². The summed E-state index contributed by atoms with van der Waals surface area (Å²) < 4.78 is 5.30. The number of fused-ring (bicyclic) bond motifs is 1. The predicted octanol–water partition coefficient (Wildman–Crippen LogP) is 4.69. The molecule has 0 aliphatic rings. The number of aromatic nitrogens is 6. The van der Waals surface area contributed by atoms with E-state index in [0.29, 0.717) is 17.5 Å². The molecule has 0 saturated carbocycles. The summed E-state index contributed by atoms with van der Waals surface area (Å²) in [4.78, 5) is 14.2. The molecule has 0 amide bonds. The minimum atomic E-state index is 0.512. The Morgan fingerprint density at radius 1 is 1.03 bits per heavy atom. The SMILES string of the molecule is COc1cccc(-c2nnn(-c3nc(-c4cccs4)nc4sc(C)c(C)c34)n2)c1. The number of methoxy groups -OCH3 is 1. The zero-order valence-corrected chi connectivity index (χ0v) is 17.6. The quantitative estimate of drug-likeness (QED) is 0.420. The topological polar surface area (TPSA) is 78.6 Å². The van der Waals surface area contributed by atoms with Crippen LogP contribution in [0.25, 0.3) is 38.1 Å². The number of hydrogen-bond acceptors (Lipinski definition) is 8. The summed E-state index contributed by atoms with van der Waals surface area (Å²) in [7, 11) is 1.63. The molecule has 0 radical (unpaired) electrons. The maximum atomic E-state index is 5.30. The Balaban J connectivity index is 1.69. The highest BCUT2D eigenvalue weighted by molar-refractivity contribution is 7.19. The number of thiophene rings is 2. The van der Waals surface area contributed by atoms with Crippen molar-refractivity contribution < 1.29 is 4.74 Å². The summed E-state index contributed by atoms with van der Waals surface area (Å²) in [5.74, 6) is 2.57. The molecule has 29 heavy (non-hydrogen) atoms. The number of nitrogens with zero attached hydrogens (tertiary/aromatic N) is 6. The minimum Gasteiger partial charge on any atom is -0.497 e. The van der Waals surface area contributed by atoms with Crippen molar-refractivity contribution in [2.45, 2.75) is 13.8 Å². The Labute approximate surface area is 174 Å². The summed E-state index contributed by atoms with van der Waals surface area (Å²) in [5, 5.41) is 16.1. The fourth-order valence-corrected chi connectivity index (χ4v) is 4.75. The van der Waals surface area contributed by atoms with Crippen LogP contribution in [0.4, 0.5) is 0 Å². The number of tetrazole rings is 1. The van der Waals surface area contributed by atoms with Crippen molar-refractivity contribution in [1.82, 2.24) is 30.2 Å². The van der Waals surface area contributed by atoms with Crippen LogP contribution in [0.3, 0.4) is 0 Å². The first-order valence-corrected chi connectivity index (χ1v) is 10.6. The van der Waals surface area contributed by atoms with Gasteiger partial charge < -0.3 is 4.74 Å². The van der Waals surface area contributed by atoms with Gasteiger partial charge in [0.05, 0.1) is 17.4 Å². The number of benzene rings is 1. The molecule has 0 aliphatic carbocycles. The highest BCUT2D eigenvalue weighted by Crippen LogP contribution is 2.34. The van der Waals surface area contributed by atoms with E-state index in [1.807, 2.05) is 41.8 Å². The summed E-state index contributed by atoms with van der Waals surface area (Å²) >= 11 is 3.26. The third-order valence-corrected chi connectivity index (χ3v) is 6.65. The third kappa shape index (κ3) is 3.08. The van der Waals surface area contributed by atoms with Crippen LogP contribution in [0.5, 0.6) is 5.75 Å². The Morgan fingerprint density at radius 2 is 1.93 bits per heavy atom. The highest BCUT2D eigenvalue weighted by Gasteiger charge is 2.19. The second kappa shape index (κ2) is 7.02. The fraction of sp³-hybridized carbons (Fsp3) is 0.150. The molecule has 4 aromatic heterocycles. The molecule has 5 rings (SSSR count). The molecule has 1 aromatic carbocycles. The van der Waals surface area contributed by atoms with Crippen molar-refractivity contribution in [3.63, 3.8) is 0 Å². The van der Waals surface area contributed by atoms with E-state index in [-0.39, 0.29) is 0 Å². The number of ether oxygens (including phenoxy) is 1. The molecular weight excluding hydrogens is 404 g/mol. The molecule has 144 valence electrons. The van der Waals surface area contributed by atoms with E-state index in [1.165, 1.54) is 9.67 Å². The molecular formula is C20H16N6OS2. The maximum Gasteiger partial charge on any atom is 0.205 e. The fourth-order valence-electron chi connectivity index (χ4n) is 3.07. The molecule has 4 heterocycles. The first kappa shape index (κ1) is 17.9. The van der Waals surface area contributed by atoms with E-state index in [1.54, 1.807) is 29.8 Å². The highest BCUT2D eigenvalue weighted by atomic mass is 32.1.